The van der Waals surface area contributed by atoms with Crippen LogP contribution in [0.15, 0.2) is 33.2 Å². The normalized spacial score (nSPS) is 11.7. The largest absolute Gasteiger partial charge is 0.409 e. The predicted octanol–water partition coefficient (Wildman–Crippen LogP) is 2.06. The number of hydrogen-bond acceptors (Lipinski definition) is 6. The molecule has 0 unspecified atom stereocenters. The molecule has 3 N–H and O–H groups in total. The fourth-order valence-corrected chi connectivity index (χ4v) is 2.82. The second-order valence-corrected chi connectivity index (χ2v) is 5.34. The molecule has 5 nitrogen and oxygen atoms in total. The van der Waals surface area contributed by atoms with E-state index in [2.05, 4.69) is 15.4 Å². The van der Waals surface area contributed by atoms with Crippen LogP contribution in [0.3, 0.4) is 0 Å². The minimum Gasteiger partial charge on any atom is -0.409 e. The molecule has 0 spiro atoms. The highest BCUT2D eigenvalue weighted by Gasteiger charge is 2.10. The van der Waals surface area contributed by atoms with Gasteiger partial charge in [-0.05, 0) is 17.7 Å². The van der Waals surface area contributed by atoms with Crippen molar-refractivity contribution >= 4 is 28.9 Å². The lowest BCUT2D eigenvalue weighted by atomic mass is 10.1. The third-order valence-electron chi connectivity index (χ3n) is 2.15. The summed E-state index contributed by atoms with van der Waals surface area (Å²) in [5.74, 6) is 0.00438. The summed E-state index contributed by atoms with van der Waals surface area (Å²) in [6.07, 6.45) is 0. The zero-order valence-corrected chi connectivity index (χ0v) is 10.7. The summed E-state index contributed by atoms with van der Waals surface area (Å²) in [5, 5.41) is 19.2. The lowest BCUT2D eigenvalue weighted by molar-refractivity contribution is 0.318. The molecule has 0 saturated carbocycles. The van der Waals surface area contributed by atoms with Crippen LogP contribution in [-0.2, 0) is 5.75 Å². The molecular formula is C10H9FN4OS2. The number of benzene rings is 1. The molecule has 18 heavy (non-hydrogen) atoms. The lowest BCUT2D eigenvalue weighted by Gasteiger charge is -2.07. The number of aromatic nitrogens is 2. The van der Waals surface area contributed by atoms with Gasteiger partial charge in [-0.3, -0.25) is 0 Å². The summed E-state index contributed by atoms with van der Waals surface area (Å²) in [7, 11) is 0. The highest BCUT2D eigenvalue weighted by molar-refractivity contribution is 8.00. The number of hydrogen-bond donors (Lipinski definition) is 2. The monoisotopic (exact) mass is 284 g/mol. The topological polar surface area (TPSA) is 84.4 Å². The van der Waals surface area contributed by atoms with Crippen LogP contribution in [0.1, 0.15) is 11.1 Å². The first-order valence-corrected chi connectivity index (χ1v) is 6.72. The average molecular weight is 284 g/mol. The van der Waals surface area contributed by atoms with Crippen molar-refractivity contribution in [2.75, 3.05) is 0 Å². The number of nitrogens with zero attached hydrogens (tertiary/aromatic N) is 3. The van der Waals surface area contributed by atoms with Crippen molar-refractivity contribution in [2.24, 2.45) is 10.9 Å². The molecule has 1 heterocycles. The summed E-state index contributed by atoms with van der Waals surface area (Å²) < 4.78 is 13.9. The highest BCUT2D eigenvalue weighted by atomic mass is 32.2. The number of amidine groups is 1. The smallest absolute Gasteiger partial charge is 0.174 e. The van der Waals surface area contributed by atoms with Gasteiger partial charge >= 0.3 is 0 Å². The van der Waals surface area contributed by atoms with Gasteiger partial charge in [0.2, 0.25) is 0 Å². The zero-order chi connectivity index (χ0) is 13.0. The molecule has 0 saturated heterocycles. The van der Waals surface area contributed by atoms with E-state index in [1.165, 1.54) is 35.2 Å². The molecule has 0 aliphatic rings. The maximum atomic E-state index is 13.1. The van der Waals surface area contributed by atoms with E-state index in [9.17, 15) is 4.39 Å². The Morgan fingerprint density at radius 1 is 1.56 bits per heavy atom. The Morgan fingerprint density at radius 3 is 3.06 bits per heavy atom. The maximum Gasteiger partial charge on any atom is 0.174 e. The molecule has 0 radical (unpaired) electrons. The molecule has 94 valence electrons. The van der Waals surface area contributed by atoms with Crippen molar-refractivity contribution in [1.29, 1.82) is 0 Å². The first-order chi connectivity index (χ1) is 8.70. The predicted molar refractivity (Wildman–Crippen MR) is 68.4 cm³/mol. The van der Waals surface area contributed by atoms with Crippen molar-refractivity contribution in [2.45, 2.75) is 10.1 Å². The van der Waals surface area contributed by atoms with E-state index in [1.807, 2.05) is 0 Å². The van der Waals surface area contributed by atoms with Gasteiger partial charge in [-0.25, -0.2) is 4.39 Å². The van der Waals surface area contributed by atoms with Gasteiger partial charge in [0.15, 0.2) is 10.2 Å². The van der Waals surface area contributed by atoms with Crippen LogP contribution in [0.25, 0.3) is 0 Å². The second-order valence-electron chi connectivity index (χ2n) is 3.28. The van der Waals surface area contributed by atoms with Crippen LogP contribution in [0.5, 0.6) is 0 Å². The first kappa shape index (κ1) is 12.8. The minimum atomic E-state index is -0.429. The minimum absolute atomic E-state index is 0.109. The van der Waals surface area contributed by atoms with Gasteiger partial charge in [-0.1, -0.05) is 34.3 Å². The number of nitrogens with two attached hydrogens (primary N) is 1. The second kappa shape index (κ2) is 5.78. The Morgan fingerprint density at radius 2 is 2.39 bits per heavy atom. The molecule has 2 rings (SSSR count). The maximum absolute atomic E-state index is 13.1. The van der Waals surface area contributed by atoms with Crippen molar-refractivity contribution in [3.8, 4) is 0 Å². The van der Waals surface area contributed by atoms with Crippen LogP contribution in [-0.4, -0.2) is 21.2 Å². The molecule has 2 aromatic rings. The van der Waals surface area contributed by atoms with Gasteiger partial charge < -0.3 is 10.9 Å². The molecular weight excluding hydrogens is 275 g/mol. The Labute approximate surface area is 111 Å². The van der Waals surface area contributed by atoms with E-state index in [1.54, 1.807) is 11.6 Å². The number of thioether (sulfide) groups is 1. The Balaban J connectivity index is 2.21. The quantitative estimate of drug-likeness (QED) is 0.295. The van der Waals surface area contributed by atoms with Crippen molar-refractivity contribution in [1.82, 2.24) is 10.2 Å². The highest BCUT2D eigenvalue weighted by Crippen LogP contribution is 2.25. The SMILES string of the molecule is NC(=NO)c1cc(F)ccc1CSc1nncs1. The van der Waals surface area contributed by atoms with E-state index in [4.69, 9.17) is 10.9 Å². The van der Waals surface area contributed by atoms with Crippen molar-refractivity contribution in [3.05, 3.63) is 40.7 Å². The van der Waals surface area contributed by atoms with E-state index < -0.39 is 5.82 Å². The standard InChI is InChI=1S/C10H9FN4OS2/c11-7-2-1-6(8(3-7)9(12)15-16)4-17-10-14-13-5-18-10/h1-3,5,16H,4H2,(H2,12,15). The molecule has 8 heteroatoms. The van der Waals surface area contributed by atoms with Crippen molar-refractivity contribution in [3.63, 3.8) is 0 Å². The molecule has 1 aromatic heterocycles. The summed E-state index contributed by atoms with van der Waals surface area (Å²) in [6, 6.07) is 4.19. The molecule has 0 atom stereocenters. The lowest BCUT2D eigenvalue weighted by Crippen LogP contribution is -2.15. The molecule has 0 aliphatic heterocycles. The van der Waals surface area contributed by atoms with Crippen LogP contribution >= 0.6 is 23.1 Å². The third-order valence-corrected chi connectivity index (χ3v) is 4.06. The number of rotatable bonds is 4. The Bertz CT molecular complexity index is 559. The number of halogens is 1. The van der Waals surface area contributed by atoms with E-state index >= 15 is 0 Å². The van der Waals surface area contributed by atoms with Crippen LogP contribution in [0, 0.1) is 5.82 Å². The van der Waals surface area contributed by atoms with E-state index in [-0.39, 0.29) is 5.84 Å². The fraction of sp³-hybridized carbons (Fsp3) is 0.100. The number of oxime groups is 1. The molecule has 1 aromatic carbocycles. The van der Waals surface area contributed by atoms with E-state index in [0.717, 1.165) is 9.90 Å². The van der Waals surface area contributed by atoms with Crippen LogP contribution < -0.4 is 5.73 Å². The van der Waals surface area contributed by atoms with Gasteiger partial charge in [0, 0.05) is 11.3 Å². The molecule has 0 aliphatic carbocycles. The fourth-order valence-electron chi connectivity index (χ4n) is 1.33. The summed E-state index contributed by atoms with van der Waals surface area (Å²) in [6.45, 7) is 0. The Kier molecular flexibility index (Phi) is 4.11. The summed E-state index contributed by atoms with van der Waals surface area (Å²) in [4.78, 5) is 0. The summed E-state index contributed by atoms with van der Waals surface area (Å²) in [5.41, 5.74) is 8.30. The van der Waals surface area contributed by atoms with Gasteiger partial charge in [-0.15, -0.1) is 10.2 Å². The summed E-state index contributed by atoms with van der Waals surface area (Å²) >= 11 is 2.88. The molecule has 0 bridgehead atoms. The van der Waals surface area contributed by atoms with Gasteiger partial charge in [0.25, 0.3) is 0 Å². The van der Waals surface area contributed by atoms with Crippen LogP contribution in [0.2, 0.25) is 0 Å². The van der Waals surface area contributed by atoms with Gasteiger partial charge in [0.1, 0.15) is 11.3 Å². The average Bonchev–Trinajstić information content (AvgIpc) is 2.89. The van der Waals surface area contributed by atoms with Gasteiger partial charge in [0.05, 0.1) is 0 Å². The Hall–Kier alpha value is -1.67. The zero-order valence-electron chi connectivity index (χ0n) is 9.08. The van der Waals surface area contributed by atoms with Crippen molar-refractivity contribution < 1.29 is 9.60 Å². The van der Waals surface area contributed by atoms with E-state index in [0.29, 0.717) is 11.3 Å². The van der Waals surface area contributed by atoms with Gasteiger partial charge in [-0.2, -0.15) is 0 Å². The molecule has 0 fully saturated rings. The molecule has 0 amide bonds. The first-order valence-electron chi connectivity index (χ1n) is 4.86. The van der Waals surface area contributed by atoms with Crippen LogP contribution in [0.4, 0.5) is 4.39 Å². The third kappa shape index (κ3) is 2.96.